The van der Waals surface area contributed by atoms with E-state index in [1.54, 1.807) is 74.5 Å². The molecule has 3 amide bonds. The van der Waals surface area contributed by atoms with E-state index in [-0.39, 0.29) is 17.3 Å². The second-order valence-corrected chi connectivity index (χ2v) is 11.8. The summed E-state index contributed by atoms with van der Waals surface area (Å²) in [7, 11) is 3.86. The van der Waals surface area contributed by atoms with Crippen LogP contribution in [-0.4, -0.2) is 42.0 Å². The van der Waals surface area contributed by atoms with Crippen molar-refractivity contribution in [2.45, 2.75) is 24.0 Å². The van der Waals surface area contributed by atoms with Crippen LogP contribution in [0.25, 0.3) is 6.08 Å². The molecule has 0 spiro atoms. The first-order chi connectivity index (χ1) is 21.5. The fourth-order valence-electron chi connectivity index (χ4n) is 4.17. The van der Waals surface area contributed by atoms with Gasteiger partial charge in [-0.25, -0.2) is 0 Å². The van der Waals surface area contributed by atoms with Gasteiger partial charge in [-0.3, -0.25) is 24.5 Å². The van der Waals surface area contributed by atoms with Crippen molar-refractivity contribution in [2.75, 3.05) is 29.6 Å². The third kappa shape index (κ3) is 9.04. The van der Waals surface area contributed by atoms with Gasteiger partial charge in [0.1, 0.15) is 5.70 Å². The predicted molar refractivity (Wildman–Crippen MR) is 180 cm³/mol. The smallest absolute Gasteiger partial charge is 0.272 e. The lowest BCUT2D eigenvalue weighted by atomic mass is 10.1. The number of carbonyl (C=O) groups excluding carboxylic acids is 3. The molecule has 0 aliphatic rings. The van der Waals surface area contributed by atoms with Gasteiger partial charge in [0.25, 0.3) is 17.5 Å². The first-order valence-corrected chi connectivity index (χ1v) is 14.9. The second-order valence-electron chi connectivity index (χ2n) is 10.4. The van der Waals surface area contributed by atoms with Crippen LogP contribution in [0.2, 0.25) is 0 Å². The van der Waals surface area contributed by atoms with Crippen molar-refractivity contribution in [1.82, 2.24) is 5.32 Å². The van der Waals surface area contributed by atoms with E-state index >= 15 is 0 Å². The van der Waals surface area contributed by atoms with Crippen LogP contribution in [0.4, 0.5) is 22.7 Å². The van der Waals surface area contributed by atoms with E-state index in [1.807, 2.05) is 49.3 Å². The van der Waals surface area contributed by atoms with Gasteiger partial charge < -0.3 is 20.9 Å². The van der Waals surface area contributed by atoms with Crippen LogP contribution in [0.1, 0.15) is 28.4 Å². The number of non-ortho nitro benzene ring substituents is 1. The maximum absolute atomic E-state index is 13.5. The van der Waals surface area contributed by atoms with Crippen molar-refractivity contribution in [3.63, 3.8) is 0 Å². The molecule has 4 rings (SSSR count). The Morgan fingerprint density at radius 2 is 1.60 bits per heavy atom. The number of nitro benzene ring substituents is 1. The Hall–Kier alpha value is -5.42. The van der Waals surface area contributed by atoms with E-state index in [0.717, 1.165) is 11.3 Å². The first-order valence-electron chi connectivity index (χ1n) is 14.0. The third-order valence-corrected chi connectivity index (χ3v) is 7.81. The molecule has 0 aromatic heterocycles. The SMILES string of the molecule is Cc1ccc([N+](=O)[O-])cc1NC(=O)C(C)Sc1cccc(NC(=O)/C(=C\c2ccc(N(C)C)cc2)NC(=O)c2ccccc2)c1. The fourth-order valence-corrected chi connectivity index (χ4v) is 5.10. The first kappa shape index (κ1) is 32.5. The largest absolute Gasteiger partial charge is 0.378 e. The number of nitrogens with one attached hydrogen (secondary N) is 3. The van der Waals surface area contributed by atoms with E-state index in [4.69, 9.17) is 0 Å². The van der Waals surface area contributed by atoms with Gasteiger partial charge in [0.2, 0.25) is 5.91 Å². The minimum Gasteiger partial charge on any atom is -0.378 e. The predicted octanol–water partition coefficient (Wildman–Crippen LogP) is 6.50. The van der Waals surface area contributed by atoms with E-state index in [0.29, 0.717) is 27.4 Å². The molecule has 0 aliphatic carbocycles. The molecule has 45 heavy (non-hydrogen) atoms. The zero-order valence-corrected chi connectivity index (χ0v) is 26.1. The molecule has 0 fully saturated rings. The maximum Gasteiger partial charge on any atom is 0.272 e. The number of nitro groups is 1. The van der Waals surface area contributed by atoms with Gasteiger partial charge in [0.15, 0.2) is 0 Å². The number of anilines is 3. The van der Waals surface area contributed by atoms with E-state index in [1.165, 1.54) is 23.9 Å². The summed E-state index contributed by atoms with van der Waals surface area (Å²) in [6.45, 7) is 3.48. The zero-order valence-electron chi connectivity index (χ0n) is 25.2. The molecule has 0 saturated heterocycles. The highest BCUT2D eigenvalue weighted by Gasteiger charge is 2.19. The number of aryl methyl sites for hydroxylation is 1. The molecule has 0 radical (unpaired) electrons. The van der Waals surface area contributed by atoms with E-state index in [2.05, 4.69) is 16.0 Å². The van der Waals surface area contributed by atoms with Gasteiger partial charge in [-0.1, -0.05) is 42.5 Å². The second kappa shape index (κ2) is 14.8. The minimum atomic E-state index is -0.555. The average Bonchev–Trinajstić information content (AvgIpc) is 3.02. The van der Waals surface area contributed by atoms with Crippen LogP contribution < -0.4 is 20.9 Å². The lowest BCUT2D eigenvalue weighted by molar-refractivity contribution is -0.384. The molecule has 1 atom stereocenters. The number of thioether (sulfide) groups is 1. The molecule has 4 aromatic rings. The van der Waals surface area contributed by atoms with Gasteiger partial charge in [-0.05, 0) is 73.5 Å². The highest BCUT2D eigenvalue weighted by Crippen LogP contribution is 2.28. The fraction of sp³-hybridized carbons (Fsp3) is 0.147. The lowest BCUT2D eigenvalue weighted by Crippen LogP contribution is -2.30. The number of hydrogen-bond acceptors (Lipinski definition) is 7. The maximum atomic E-state index is 13.5. The van der Waals surface area contributed by atoms with Gasteiger partial charge in [-0.15, -0.1) is 11.8 Å². The van der Waals surface area contributed by atoms with Crippen LogP contribution >= 0.6 is 11.8 Å². The van der Waals surface area contributed by atoms with Crippen LogP contribution in [0, 0.1) is 17.0 Å². The Morgan fingerprint density at radius 3 is 2.27 bits per heavy atom. The highest BCUT2D eigenvalue weighted by atomic mass is 32.2. The molecule has 11 heteroatoms. The van der Waals surface area contributed by atoms with Gasteiger partial charge >= 0.3 is 0 Å². The molecule has 230 valence electrons. The molecular weight excluding hydrogens is 590 g/mol. The molecule has 0 bridgehead atoms. The van der Waals surface area contributed by atoms with Crippen molar-refractivity contribution in [1.29, 1.82) is 0 Å². The van der Waals surface area contributed by atoms with Gasteiger partial charge in [0.05, 0.1) is 15.9 Å². The molecule has 0 saturated carbocycles. The van der Waals surface area contributed by atoms with Crippen molar-refractivity contribution >= 4 is 58.3 Å². The van der Waals surface area contributed by atoms with Crippen LogP contribution in [0.3, 0.4) is 0 Å². The monoisotopic (exact) mass is 623 g/mol. The summed E-state index contributed by atoms with van der Waals surface area (Å²) in [6.07, 6.45) is 1.61. The van der Waals surface area contributed by atoms with Crippen molar-refractivity contribution in [3.8, 4) is 0 Å². The molecular formula is C34H33N5O5S. The minimum absolute atomic E-state index is 0.0552. The number of carbonyl (C=O) groups is 3. The molecule has 3 N–H and O–H groups in total. The number of benzene rings is 4. The summed E-state index contributed by atoms with van der Waals surface area (Å²) in [5.74, 6) is -1.28. The molecule has 1 unspecified atom stereocenters. The van der Waals surface area contributed by atoms with Crippen molar-refractivity contribution in [3.05, 3.63) is 130 Å². The Morgan fingerprint density at radius 1 is 0.889 bits per heavy atom. The number of hydrogen-bond donors (Lipinski definition) is 3. The molecule has 10 nitrogen and oxygen atoms in total. The quantitative estimate of drug-likeness (QED) is 0.0752. The van der Waals surface area contributed by atoms with Crippen LogP contribution in [0.15, 0.2) is 108 Å². The van der Waals surface area contributed by atoms with Gasteiger partial charge in [0, 0.05) is 48.1 Å². The standard InChI is InChI=1S/C34H33N5O5S/c1-22-13-16-28(39(43)44)21-30(22)36-32(40)23(2)45-29-12-8-11-26(20-29)35-34(42)31(37-33(41)25-9-6-5-7-10-25)19-24-14-17-27(18-15-24)38(3)4/h5-21,23H,1-4H3,(H,35,42)(H,36,40)(H,37,41)/b31-19+. The average molecular weight is 624 g/mol. The molecule has 0 aliphatic heterocycles. The van der Waals surface area contributed by atoms with Crippen molar-refractivity contribution < 1.29 is 19.3 Å². The van der Waals surface area contributed by atoms with Crippen LogP contribution in [-0.2, 0) is 9.59 Å². The number of amides is 3. The Labute approximate surface area is 265 Å². The Balaban J connectivity index is 1.49. The van der Waals surface area contributed by atoms with Crippen molar-refractivity contribution in [2.24, 2.45) is 0 Å². The summed E-state index contributed by atoms with van der Waals surface area (Å²) in [5, 5.41) is 19.0. The summed E-state index contributed by atoms with van der Waals surface area (Å²) < 4.78 is 0. The molecule has 0 heterocycles. The van der Waals surface area contributed by atoms with Gasteiger partial charge in [-0.2, -0.15) is 0 Å². The van der Waals surface area contributed by atoms with Crippen LogP contribution in [0.5, 0.6) is 0 Å². The Bertz CT molecular complexity index is 1740. The highest BCUT2D eigenvalue weighted by molar-refractivity contribution is 8.00. The normalized spacial score (nSPS) is 11.7. The zero-order chi connectivity index (χ0) is 32.5. The van der Waals surface area contributed by atoms with E-state index < -0.39 is 22.0 Å². The number of nitrogens with zero attached hydrogens (tertiary/aromatic N) is 2. The summed E-state index contributed by atoms with van der Waals surface area (Å²) >= 11 is 1.27. The summed E-state index contributed by atoms with van der Waals surface area (Å²) in [6, 6.07) is 27.5. The molecule has 4 aromatic carbocycles. The summed E-state index contributed by atoms with van der Waals surface area (Å²) in [4.78, 5) is 52.7. The lowest BCUT2D eigenvalue weighted by Gasteiger charge is -2.15. The third-order valence-electron chi connectivity index (χ3n) is 6.71. The van der Waals surface area contributed by atoms with E-state index in [9.17, 15) is 24.5 Å². The Kier molecular flexibility index (Phi) is 10.7. The number of rotatable bonds is 11. The summed E-state index contributed by atoms with van der Waals surface area (Å²) in [5.41, 5.74) is 3.60. The topological polar surface area (TPSA) is 134 Å².